The first-order valence-electron chi connectivity index (χ1n) is 3.91. The van der Waals surface area contributed by atoms with Crippen LogP contribution in [0.25, 0.3) is 0 Å². The van der Waals surface area contributed by atoms with E-state index >= 15 is 0 Å². The Morgan fingerprint density at radius 3 is 2.73 bits per heavy atom. The number of carbonyl (C=O) groups is 1. The molecule has 1 aliphatic carbocycles. The van der Waals surface area contributed by atoms with Gasteiger partial charge < -0.3 is 4.98 Å². The highest BCUT2D eigenvalue weighted by Gasteiger charge is 2.49. The lowest BCUT2D eigenvalue weighted by Gasteiger charge is -2.07. The van der Waals surface area contributed by atoms with Gasteiger partial charge in [0.25, 0.3) is 0 Å². The van der Waals surface area contributed by atoms with Crippen LogP contribution in [0, 0.1) is 0 Å². The normalized spacial score (nSPS) is 19.7. The van der Waals surface area contributed by atoms with E-state index in [1.165, 1.54) is 0 Å². The molecule has 0 amide bonds. The predicted molar refractivity (Wildman–Crippen MR) is 42.4 cm³/mol. The van der Waals surface area contributed by atoms with Gasteiger partial charge in [-0.05, 0) is 31.9 Å². The zero-order valence-electron chi connectivity index (χ0n) is 6.55. The van der Waals surface area contributed by atoms with Crippen molar-refractivity contribution in [3.8, 4) is 0 Å². The molecule has 1 aromatic rings. The molecule has 1 aromatic heterocycles. The smallest absolute Gasteiger partial charge is 0.141 e. The predicted octanol–water partition coefficient (Wildman–Crippen LogP) is 1.64. The Labute approximate surface area is 65.6 Å². The van der Waals surface area contributed by atoms with Crippen LogP contribution in [0.2, 0.25) is 0 Å². The molecule has 1 heterocycles. The average Bonchev–Trinajstić information content (AvgIpc) is 2.61. The molecule has 1 N–H and O–H groups in total. The third kappa shape index (κ3) is 0.821. The van der Waals surface area contributed by atoms with Crippen molar-refractivity contribution in [2.45, 2.75) is 25.2 Å². The molecule has 11 heavy (non-hydrogen) atoms. The van der Waals surface area contributed by atoms with Crippen molar-refractivity contribution in [1.82, 2.24) is 4.98 Å². The molecule has 0 aromatic carbocycles. The molecule has 2 nitrogen and oxygen atoms in total. The van der Waals surface area contributed by atoms with Crippen LogP contribution < -0.4 is 0 Å². The highest BCUT2D eigenvalue weighted by Crippen LogP contribution is 2.47. The number of rotatable bonds is 2. The Balaban J connectivity index is 2.36. The van der Waals surface area contributed by atoms with E-state index in [1.807, 2.05) is 18.3 Å². The van der Waals surface area contributed by atoms with Crippen LogP contribution in [0.15, 0.2) is 18.3 Å². The molecule has 2 rings (SSSR count). The van der Waals surface area contributed by atoms with Gasteiger partial charge in [-0.3, -0.25) is 4.79 Å². The average molecular weight is 149 g/mol. The lowest BCUT2D eigenvalue weighted by molar-refractivity contribution is -0.119. The van der Waals surface area contributed by atoms with Crippen molar-refractivity contribution in [3.05, 3.63) is 24.0 Å². The van der Waals surface area contributed by atoms with Gasteiger partial charge in [-0.25, -0.2) is 0 Å². The minimum Gasteiger partial charge on any atom is -0.364 e. The van der Waals surface area contributed by atoms with E-state index in [1.54, 1.807) is 6.92 Å². The van der Waals surface area contributed by atoms with Crippen molar-refractivity contribution in [2.24, 2.45) is 0 Å². The van der Waals surface area contributed by atoms with Crippen molar-refractivity contribution in [3.63, 3.8) is 0 Å². The standard InChI is InChI=1S/C9H11NO/c1-7(11)9(4-5-9)8-3-2-6-10-8/h2-3,6,10H,4-5H2,1H3. The summed E-state index contributed by atoms with van der Waals surface area (Å²) in [6.07, 6.45) is 3.91. The van der Waals surface area contributed by atoms with Gasteiger partial charge >= 0.3 is 0 Å². The molecule has 58 valence electrons. The monoisotopic (exact) mass is 149 g/mol. The molecule has 0 radical (unpaired) electrons. The van der Waals surface area contributed by atoms with Gasteiger partial charge in [0.2, 0.25) is 0 Å². The van der Waals surface area contributed by atoms with E-state index in [2.05, 4.69) is 4.98 Å². The molecular formula is C9H11NO. The summed E-state index contributed by atoms with van der Waals surface area (Å²) < 4.78 is 0. The minimum absolute atomic E-state index is 0.122. The molecule has 0 atom stereocenters. The number of aromatic amines is 1. The first-order valence-corrected chi connectivity index (χ1v) is 3.91. The number of H-pyrrole nitrogens is 1. The lowest BCUT2D eigenvalue weighted by Crippen LogP contribution is -2.16. The molecule has 0 bridgehead atoms. The second kappa shape index (κ2) is 1.97. The Morgan fingerprint density at radius 1 is 1.64 bits per heavy atom. The third-order valence-corrected chi connectivity index (χ3v) is 2.54. The Bertz CT molecular complexity index is 270. The maximum absolute atomic E-state index is 11.2. The SMILES string of the molecule is CC(=O)C1(c2ccc[nH]2)CC1. The second-order valence-corrected chi connectivity index (χ2v) is 3.22. The number of aromatic nitrogens is 1. The maximum Gasteiger partial charge on any atom is 0.141 e. The summed E-state index contributed by atoms with van der Waals surface area (Å²) in [5.74, 6) is 0.292. The third-order valence-electron chi connectivity index (χ3n) is 2.54. The van der Waals surface area contributed by atoms with Crippen LogP contribution in [0.4, 0.5) is 0 Å². The quantitative estimate of drug-likeness (QED) is 0.681. The molecule has 0 unspecified atom stereocenters. The summed E-state index contributed by atoms with van der Waals surface area (Å²) in [6.45, 7) is 1.67. The van der Waals surface area contributed by atoms with E-state index in [0.29, 0.717) is 5.78 Å². The van der Waals surface area contributed by atoms with Crippen molar-refractivity contribution in [2.75, 3.05) is 0 Å². The van der Waals surface area contributed by atoms with E-state index in [0.717, 1.165) is 18.5 Å². The van der Waals surface area contributed by atoms with E-state index < -0.39 is 0 Å². The number of nitrogens with one attached hydrogen (secondary N) is 1. The van der Waals surface area contributed by atoms with E-state index in [-0.39, 0.29) is 5.41 Å². The molecule has 1 fully saturated rings. The van der Waals surface area contributed by atoms with Crippen LogP contribution in [0.1, 0.15) is 25.5 Å². The summed E-state index contributed by atoms with van der Waals surface area (Å²) in [6, 6.07) is 3.94. The molecular weight excluding hydrogens is 138 g/mol. The lowest BCUT2D eigenvalue weighted by atomic mass is 9.98. The molecule has 1 saturated carbocycles. The summed E-state index contributed by atoms with van der Waals surface area (Å²) >= 11 is 0. The molecule has 0 spiro atoms. The zero-order chi connectivity index (χ0) is 7.90. The van der Waals surface area contributed by atoms with Gasteiger partial charge in [-0.1, -0.05) is 0 Å². The van der Waals surface area contributed by atoms with Gasteiger partial charge in [0.05, 0.1) is 5.41 Å². The van der Waals surface area contributed by atoms with Crippen LogP contribution in [-0.2, 0) is 10.2 Å². The number of ketones is 1. The van der Waals surface area contributed by atoms with Crippen molar-refractivity contribution >= 4 is 5.78 Å². The number of hydrogen-bond acceptors (Lipinski definition) is 1. The fourth-order valence-corrected chi connectivity index (χ4v) is 1.56. The van der Waals surface area contributed by atoms with Crippen molar-refractivity contribution in [1.29, 1.82) is 0 Å². The summed E-state index contributed by atoms with van der Waals surface area (Å²) in [5, 5.41) is 0. The van der Waals surface area contributed by atoms with Crippen molar-refractivity contribution < 1.29 is 4.79 Å². The highest BCUT2D eigenvalue weighted by molar-refractivity contribution is 5.90. The van der Waals surface area contributed by atoms with Crippen LogP contribution in [0.5, 0.6) is 0 Å². The molecule has 0 saturated heterocycles. The Hall–Kier alpha value is -1.05. The van der Waals surface area contributed by atoms with Gasteiger partial charge in [-0.15, -0.1) is 0 Å². The summed E-state index contributed by atoms with van der Waals surface area (Å²) in [7, 11) is 0. The fraction of sp³-hybridized carbons (Fsp3) is 0.444. The zero-order valence-corrected chi connectivity index (χ0v) is 6.55. The topological polar surface area (TPSA) is 32.9 Å². The van der Waals surface area contributed by atoms with Crippen LogP contribution in [-0.4, -0.2) is 10.8 Å². The maximum atomic E-state index is 11.2. The number of hydrogen-bond donors (Lipinski definition) is 1. The van der Waals surface area contributed by atoms with Gasteiger partial charge in [0, 0.05) is 11.9 Å². The largest absolute Gasteiger partial charge is 0.364 e. The van der Waals surface area contributed by atoms with Gasteiger partial charge in [-0.2, -0.15) is 0 Å². The molecule has 1 aliphatic rings. The van der Waals surface area contributed by atoms with E-state index in [4.69, 9.17) is 0 Å². The van der Waals surface area contributed by atoms with Crippen LogP contribution in [0.3, 0.4) is 0 Å². The molecule has 0 aliphatic heterocycles. The summed E-state index contributed by atoms with van der Waals surface area (Å²) in [5.41, 5.74) is 0.966. The Morgan fingerprint density at radius 2 is 2.36 bits per heavy atom. The van der Waals surface area contributed by atoms with E-state index in [9.17, 15) is 4.79 Å². The van der Waals surface area contributed by atoms with Gasteiger partial charge in [0.15, 0.2) is 0 Å². The number of Topliss-reactive ketones (excluding diaryl/α,β-unsaturated/α-hetero) is 1. The fourth-order valence-electron chi connectivity index (χ4n) is 1.56. The van der Waals surface area contributed by atoms with Crippen LogP contribution >= 0.6 is 0 Å². The summed E-state index contributed by atoms with van der Waals surface area (Å²) in [4.78, 5) is 14.3. The number of carbonyl (C=O) groups excluding carboxylic acids is 1. The first-order chi connectivity index (χ1) is 5.26. The highest BCUT2D eigenvalue weighted by atomic mass is 16.1. The minimum atomic E-state index is -0.122. The molecule has 2 heteroatoms. The Kier molecular flexibility index (Phi) is 1.19. The first kappa shape index (κ1) is 6.65. The van der Waals surface area contributed by atoms with Gasteiger partial charge in [0.1, 0.15) is 5.78 Å². The second-order valence-electron chi connectivity index (χ2n) is 3.22.